The molecule has 0 saturated heterocycles. The first kappa shape index (κ1) is 17.0. The zero-order valence-corrected chi connectivity index (χ0v) is 14.0. The van der Waals surface area contributed by atoms with Gasteiger partial charge in [-0.25, -0.2) is 0 Å². The van der Waals surface area contributed by atoms with Gasteiger partial charge in [-0.3, -0.25) is 4.79 Å². The number of esters is 1. The van der Waals surface area contributed by atoms with Crippen molar-refractivity contribution in [3.63, 3.8) is 0 Å². The molecule has 2 atom stereocenters. The minimum Gasteiger partial charge on any atom is -0.496 e. The molecule has 20 heavy (non-hydrogen) atoms. The Kier molecular flexibility index (Phi) is 5.59. The molecule has 0 amide bonds. The second-order valence-corrected chi connectivity index (χ2v) is 6.52. The summed E-state index contributed by atoms with van der Waals surface area (Å²) < 4.78 is 11.1. The molecule has 0 aromatic heterocycles. The van der Waals surface area contributed by atoms with E-state index in [1.807, 2.05) is 0 Å². The van der Waals surface area contributed by atoms with Crippen LogP contribution in [0.2, 0.25) is 0 Å². The van der Waals surface area contributed by atoms with Crippen molar-refractivity contribution in [3.05, 3.63) is 28.2 Å². The minimum atomic E-state index is -0.924. The predicted molar refractivity (Wildman–Crippen MR) is 80.7 cm³/mol. The van der Waals surface area contributed by atoms with Crippen molar-refractivity contribution in [2.75, 3.05) is 7.11 Å². The Morgan fingerprint density at radius 3 is 2.40 bits per heavy atom. The fraction of sp³-hybridized carbons (Fsp3) is 0.533. The van der Waals surface area contributed by atoms with Gasteiger partial charge < -0.3 is 14.6 Å². The lowest BCUT2D eigenvalue weighted by Gasteiger charge is -2.25. The van der Waals surface area contributed by atoms with E-state index in [1.54, 1.807) is 53.0 Å². The fourth-order valence-electron chi connectivity index (χ4n) is 1.68. The van der Waals surface area contributed by atoms with Gasteiger partial charge in [-0.1, -0.05) is 6.07 Å². The number of halogens is 1. The smallest absolute Gasteiger partial charge is 0.312 e. The molecule has 1 N–H and O–H groups in total. The summed E-state index contributed by atoms with van der Waals surface area (Å²) >= 11 is 3.36. The van der Waals surface area contributed by atoms with E-state index in [-0.39, 0.29) is 0 Å². The minimum absolute atomic E-state index is 0.419. The number of ether oxygens (including phenoxy) is 2. The molecule has 0 radical (unpaired) electrons. The van der Waals surface area contributed by atoms with Crippen LogP contribution in [-0.2, 0) is 9.53 Å². The van der Waals surface area contributed by atoms with Crippen LogP contribution in [0, 0.1) is 5.92 Å². The van der Waals surface area contributed by atoms with E-state index in [1.165, 1.54) is 0 Å². The van der Waals surface area contributed by atoms with E-state index < -0.39 is 23.6 Å². The van der Waals surface area contributed by atoms with E-state index in [4.69, 9.17) is 9.47 Å². The Bertz CT molecular complexity index is 479. The highest BCUT2D eigenvalue weighted by atomic mass is 79.9. The third kappa shape index (κ3) is 4.49. The first-order valence-electron chi connectivity index (χ1n) is 6.40. The van der Waals surface area contributed by atoms with Crippen LogP contribution >= 0.6 is 15.9 Å². The summed E-state index contributed by atoms with van der Waals surface area (Å²) in [4.78, 5) is 12.0. The van der Waals surface area contributed by atoms with Gasteiger partial charge in [-0.2, -0.15) is 0 Å². The van der Waals surface area contributed by atoms with Crippen LogP contribution in [0.3, 0.4) is 0 Å². The molecular formula is C15H21BrO4. The second kappa shape index (κ2) is 6.59. The van der Waals surface area contributed by atoms with E-state index >= 15 is 0 Å². The predicted octanol–water partition coefficient (Wildman–Crippen LogP) is 3.47. The molecule has 2 unspecified atom stereocenters. The van der Waals surface area contributed by atoms with E-state index in [9.17, 15) is 9.90 Å². The third-order valence-electron chi connectivity index (χ3n) is 2.77. The largest absolute Gasteiger partial charge is 0.496 e. The molecule has 5 heteroatoms. The Balaban J connectivity index is 2.86. The van der Waals surface area contributed by atoms with Crippen molar-refractivity contribution in [2.24, 2.45) is 5.92 Å². The summed E-state index contributed by atoms with van der Waals surface area (Å²) in [5, 5.41) is 10.3. The molecule has 0 heterocycles. The highest BCUT2D eigenvalue weighted by Crippen LogP contribution is 2.31. The number of carbonyl (C=O) groups excluding carboxylic acids is 1. The Morgan fingerprint density at radius 2 is 1.95 bits per heavy atom. The highest BCUT2D eigenvalue weighted by Gasteiger charge is 2.28. The molecule has 0 bridgehead atoms. The van der Waals surface area contributed by atoms with Crippen LogP contribution in [-0.4, -0.2) is 23.8 Å². The zero-order valence-electron chi connectivity index (χ0n) is 12.4. The summed E-state index contributed by atoms with van der Waals surface area (Å²) in [6.07, 6.45) is -0.924. The molecule has 0 aliphatic heterocycles. The molecule has 1 aromatic rings. The lowest BCUT2D eigenvalue weighted by Crippen LogP contribution is -2.30. The van der Waals surface area contributed by atoms with Crippen LogP contribution in [0.5, 0.6) is 5.75 Å². The fourth-order valence-corrected chi connectivity index (χ4v) is 2.24. The monoisotopic (exact) mass is 344 g/mol. The maximum absolute atomic E-state index is 12.0. The van der Waals surface area contributed by atoms with Gasteiger partial charge in [-0.15, -0.1) is 0 Å². The lowest BCUT2D eigenvalue weighted by atomic mass is 9.97. The summed E-state index contributed by atoms with van der Waals surface area (Å²) in [7, 11) is 1.57. The molecule has 4 nitrogen and oxygen atoms in total. The molecule has 1 aromatic carbocycles. The standard InChI is InChI=1S/C15H21BrO4/c1-9(14(18)20-15(2,3)4)13(17)10-6-7-12(19-5)11(16)8-10/h6-9,13,17H,1-5H3. The topological polar surface area (TPSA) is 55.8 Å². The SMILES string of the molecule is COc1ccc(C(O)C(C)C(=O)OC(C)(C)C)cc1Br. The normalized spacial score (nSPS) is 14.6. The van der Waals surface area contributed by atoms with Crippen LogP contribution in [0.1, 0.15) is 39.4 Å². The van der Waals surface area contributed by atoms with Crippen molar-refractivity contribution in [1.29, 1.82) is 0 Å². The molecule has 1 rings (SSSR count). The Morgan fingerprint density at radius 1 is 1.35 bits per heavy atom. The number of hydrogen-bond acceptors (Lipinski definition) is 4. The molecule has 0 saturated carbocycles. The summed E-state index contributed by atoms with van der Waals surface area (Å²) in [5.41, 5.74) is 0.0713. The molecule has 0 aliphatic carbocycles. The van der Waals surface area contributed by atoms with Gasteiger partial charge >= 0.3 is 5.97 Å². The quantitative estimate of drug-likeness (QED) is 0.849. The molecular weight excluding hydrogens is 324 g/mol. The highest BCUT2D eigenvalue weighted by molar-refractivity contribution is 9.10. The maximum atomic E-state index is 12.0. The van der Waals surface area contributed by atoms with Crippen molar-refractivity contribution in [1.82, 2.24) is 0 Å². The van der Waals surface area contributed by atoms with Gasteiger partial charge in [0.15, 0.2) is 0 Å². The summed E-state index contributed by atoms with van der Waals surface area (Å²) in [5.74, 6) is -0.391. The van der Waals surface area contributed by atoms with Gasteiger partial charge in [0.05, 0.1) is 23.6 Å². The first-order chi connectivity index (χ1) is 9.15. The van der Waals surface area contributed by atoms with Crippen molar-refractivity contribution in [2.45, 2.75) is 39.4 Å². The Hall–Kier alpha value is -1.07. The number of rotatable bonds is 4. The average Bonchev–Trinajstić information content (AvgIpc) is 2.34. The summed E-state index contributed by atoms with van der Waals surface area (Å²) in [6.45, 7) is 7.05. The molecule has 0 fully saturated rings. The number of carbonyl (C=O) groups is 1. The van der Waals surface area contributed by atoms with Crippen LogP contribution in [0.15, 0.2) is 22.7 Å². The molecule has 0 spiro atoms. The third-order valence-corrected chi connectivity index (χ3v) is 3.39. The number of hydrogen-bond donors (Lipinski definition) is 1. The van der Waals surface area contributed by atoms with Crippen LogP contribution in [0.25, 0.3) is 0 Å². The lowest BCUT2D eigenvalue weighted by molar-refractivity contribution is -0.163. The van der Waals surface area contributed by atoms with E-state index in [0.717, 1.165) is 4.47 Å². The molecule has 112 valence electrons. The van der Waals surface area contributed by atoms with Crippen molar-refractivity contribution < 1.29 is 19.4 Å². The van der Waals surface area contributed by atoms with Crippen LogP contribution in [0.4, 0.5) is 0 Å². The Labute approximate surface area is 128 Å². The number of aliphatic hydroxyl groups excluding tert-OH is 1. The second-order valence-electron chi connectivity index (χ2n) is 5.66. The number of methoxy groups -OCH3 is 1. The van der Waals surface area contributed by atoms with Crippen molar-refractivity contribution in [3.8, 4) is 5.75 Å². The molecule has 0 aliphatic rings. The van der Waals surface area contributed by atoms with E-state index in [0.29, 0.717) is 11.3 Å². The van der Waals surface area contributed by atoms with Gasteiger partial charge in [0.25, 0.3) is 0 Å². The van der Waals surface area contributed by atoms with Crippen molar-refractivity contribution >= 4 is 21.9 Å². The number of aliphatic hydroxyl groups is 1. The number of benzene rings is 1. The first-order valence-corrected chi connectivity index (χ1v) is 7.19. The zero-order chi connectivity index (χ0) is 15.5. The average molecular weight is 345 g/mol. The van der Waals surface area contributed by atoms with Gasteiger partial charge in [0, 0.05) is 0 Å². The maximum Gasteiger partial charge on any atom is 0.312 e. The van der Waals surface area contributed by atoms with Gasteiger partial charge in [0.2, 0.25) is 0 Å². The van der Waals surface area contributed by atoms with E-state index in [2.05, 4.69) is 15.9 Å². The van der Waals surface area contributed by atoms with Crippen LogP contribution < -0.4 is 4.74 Å². The van der Waals surface area contributed by atoms with Gasteiger partial charge in [-0.05, 0) is 61.3 Å². The van der Waals surface area contributed by atoms with Gasteiger partial charge in [0.1, 0.15) is 11.4 Å². The summed E-state index contributed by atoms with van der Waals surface area (Å²) in [6, 6.07) is 5.21.